The number of aromatic nitrogens is 2. The average Bonchev–Trinajstić information content (AvgIpc) is 3.13. The van der Waals surface area contributed by atoms with E-state index in [0.717, 1.165) is 22.6 Å². The van der Waals surface area contributed by atoms with Crippen molar-refractivity contribution in [2.45, 2.75) is 45.4 Å². The predicted octanol–water partition coefficient (Wildman–Crippen LogP) is 2.36. The van der Waals surface area contributed by atoms with Gasteiger partial charge < -0.3 is 15.7 Å². The molecule has 3 N–H and O–H groups in total. The lowest BCUT2D eigenvalue weighted by molar-refractivity contribution is 0.158. The van der Waals surface area contributed by atoms with Gasteiger partial charge in [-0.3, -0.25) is 4.68 Å². The maximum Gasteiger partial charge on any atom is 0.315 e. The molecule has 0 radical (unpaired) electrons. The van der Waals surface area contributed by atoms with Gasteiger partial charge in [-0.15, -0.1) is 11.3 Å². The van der Waals surface area contributed by atoms with E-state index < -0.39 is 6.10 Å². The van der Waals surface area contributed by atoms with E-state index in [1.165, 1.54) is 11.3 Å². The summed E-state index contributed by atoms with van der Waals surface area (Å²) in [7, 11) is 1.87. The summed E-state index contributed by atoms with van der Waals surface area (Å²) in [6.45, 7) is 4.38. The molecule has 0 aliphatic carbocycles. The van der Waals surface area contributed by atoms with E-state index in [-0.39, 0.29) is 12.1 Å². The summed E-state index contributed by atoms with van der Waals surface area (Å²) < 4.78 is 1.76. The van der Waals surface area contributed by atoms with Crippen LogP contribution in [0.4, 0.5) is 4.79 Å². The summed E-state index contributed by atoms with van der Waals surface area (Å²) in [6.07, 6.45) is 2.70. The Morgan fingerprint density at radius 1 is 1.52 bits per heavy atom. The first-order valence-electron chi connectivity index (χ1n) is 7.76. The third kappa shape index (κ3) is 5.07. The minimum absolute atomic E-state index is 0.119. The van der Waals surface area contributed by atoms with Crippen LogP contribution in [0.25, 0.3) is 0 Å². The number of nitrogens with zero attached hydrogens (tertiary/aromatic N) is 2. The van der Waals surface area contributed by atoms with Crippen molar-refractivity contribution in [3.8, 4) is 0 Å². The fraction of sp³-hybridized carbons (Fsp3) is 0.500. The minimum atomic E-state index is -0.546. The molecule has 0 fully saturated rings. The largest absolute Gasteiger partial charge is 0.387 e. The summed E-state index contributed by atoms with van der Waals surface area (Å²) >= 11 is 1.52. The number of hydrogen-bond donors (Lipinski definition) is 3. The number of rotatable bonds is 7. The van der Waals surface area contributed by atoms with Crippen LogP contribution in [0, 0.1) is 0 Å². The van der Waals surface area contributed by atoms with Crippen LogP contribution in [0.2, 0.25) is 0 Å². The van der Waals surface area contributed by atoms with Crippen LogP contribution >= 0.6 is 11.3 Å². The van der Waals surface area contributed by atoms with Gasteiger partial charge in [-0.1, -0.05) is 13.0 Å². The van der Waals surface area contributed by atoms with E-state index in [4.69, 9.17) is 0 Å². The highest BCUT2D eigenvalue weighted by Gasteiger charge is 2.15. The van der Waals surface area contributed by atoms with Crippen LogP contribution in [-0.4, -0.2) is 27.0 Å². The Morgan fingerprint density at radius 3 is 2.96 bits per heavy atom. The third-order valence-corrected chi connectivity index (χ3v) is 4.57. The molecule has 2 heterocycles. The van der Waals surface area contributed by atoms with Gasteiger partial charge in [-0.05, 0) is 31.2 Å². The Labute approximate surface area is 140 Å². The zero-order chi connectivity index (χ0) is 16.8. The Kier molecular flexibility index (Phi) is 6.18. The molecule has 23 heavy (non-hydrogen) atoms. The van der Waals surface area contributed by atoms with Gasteiger partial charge in [-0.2, -0.15) is 5.10 Å². The van der Waals surface area contributed by atoms with E-state index in [2.05, 4.69) is 15.7 Å². The SMILES string of the molecule is CCc1nn(C)cc1CNC(=O)NC(C)CC(O)c1cccs1. The smallest absolute Gasteiger partial charge is 0.315 e. The molecule has 2 atom stereocenters. The molecule has 0 saturated carbocycles. The number of carbonyl (C=O) groups excluding carboxylic acids is 1. The van der Waals surface area contributed by atoms with E-state index in [0.29, 0.717) is 13.0 Å². The third-order valence-electron chi connectivity index (χ3n) is 3.59. The van der Waals surface area contributed by atoms with Crippen molar-refractivity contribution in [3.05, 3.63) is 39.8 Å². The molecule has 0 bridgehead atoms. The standard InChI is InChI=1S/C16H24N4O2S/c1-4-13-12(10-20(3)19-13)9-17-16(22)18-11(2)8-14(21)15-6-5-7-23-15/h5-7,10-11,14,21H,4,8-9H2,1-3H3,(H2,17,18,22). The van der Waals surface area contributed by atoms with E-state index in [9.17, 15) is 9.90 Å². The number of hydrogen-bond acceptors (Lipinski definition) is 4. The van der Waals surface area contributed by atoms with E-state index in [1.54, 1.807) is 4.68 Å². The molecule has 126 valence electrons. The second-order valence-electron chi connectivity index (χ2n) is 5.62. The Bertz CT molecular complexity index is 624. The van der Waals surface area contributed by atoms with Gasteiger partial charge in [0.15, 0.2) is 0 Å². The molecule has 2 rings (SSSR count). The lowest BCUT2D eigenvalue weighted by Gasteiger charge is -2.17. The fourth-order valence-electron chi connectivity index (χ4n) is 2.47. The highest BCUT2D eigenvalue weighted by atomic mass is 32.1. The number of urea groups is 1. The van der Waals surface area contributed by atoms with Gasteiger partial charge in [0.2, 0.25) is 0 Å². The Balaban J connectivity index is 1.77. The number of thiophene rings is 1. The molecule has 2 aromatic rings. The lowest BCUT2D eigenvalue weighted by atomic mass is 10.1. The van der Waals surface area contributed by atoms with Crippen LogP contribution in [-0.2, 0) is 20.0 Å². The van der Waals surface area contributed by atoms with Crippen molar-refractivity contribution >= 4 is 17.4 Å². The maximum atomic E-state index is 12.0. The minimum Gasteiger partial charge on any atom is -0.387 e. The number of aryl methyl sites for hydroxylation is 2. The van der Waals surface area contributed by atoms with E-state index in [1.807, 2.05) is 44.6 Å². The summed E-state index contributed by atoms with van der Waals surface area (Å²) in [5, 5.41) is 22.1. The van der Waals surface area contributed by atoms with Gasteiger partial charge in [0, 0.05) is 36.3 Å². The van der Waals surface area contributed by atoms with Crippen LogP contribution in [0.15, 0.2) is 23.7 Å². The molecule has 2 unspecified atom stereocenters. The van der Waals surface area contributed by atoms with Crippen molar-refractivity contribution in [2.75, 3.05) is 0 Å². The molecule has 0 aliphatic rings. The Morgan fingerprint density at radius 2 is 2.30 bits per heavy atom. The zero-order valence-corrected chi connectivity index (χ0v) is 14.6. The highest BCUT2D eigenvalue weighted by Crippen LogP contribution is 2.22. The van der Waals surface area contributed by atoms with Crippen molar-refractivity contribution in [1.29, 1.82) is 0 Å². The second-order valence-corrected chi connectivity index (χ2v) is 6.60. The van der Waals surface area contributed by atoms with Crippen LogP contribution in [0.5, 0.6) is 0 Å². The molecule has 0 aromatic carbocycles. The summed E-state index contributed by atoms with van der Waals surface area (Å²) in [4.78, 5) is 12.9. The first kappa shape index (κ1) is 17.5. The molecule has 7 heteroatoms. The lowest BCUT2D eigenvalue weighted by Crippen LogP contribution is -2.41. The van der Waals surface area contributed by atoms with Crippen molar-refractivity contribution in [3.63, 3.8) is 0 Å². The maximum absolute atomic E-state index is 12.0. The second kappa shape index (κ2) is 8.12. The summed E-state index contributed by atoms with van der Waals surface area (Å²) in [5.74, 6) is 0. The Hall–Kier alpha value is -1.86. The first-order chi connectivity index (χ1) is 11.0. The molecular formula is C16H24N4O2S. The van der Waals surface area contributed by atoms with Crippen LogP contribution in [0.1, 0.15) is 42.5 Å². The summed E-state index contributed by atoms with van der Waals surface area (Å²) in [5.41, 5.74) is 2.02. The number of aliphatic hydroxyl groups excluding tert-OH is 1. The number of amides is 2. The topological polar surface area (TPSA) is 79.2 Å². The average molecular weight is 336 g/mol. The molecule has 0 saturated heterocycles. The number of aliphatic hydroxyl groups is 1. The molecule has 2 aromatic heterocycles. The number of carbonyl (C=O) groups is 1. The van der Waals surface area contributed by atoms with Gasteiger partial charge in [0.1, 0.15) is 0 Å². The van der Waals surface area contributed by atoms with Gasteiger partial charge in [0.05, 0.1) is 11.8 Å². The predicted molar refractivity (Wildman–Crippen MR) is 91.3 cm³/mol. The van der Waals surface area contributed by atoms with Crippen LogP contribution < -0.4 is 10.6 Å². The van der Waals surface area contributed by atoms with Gasteiger partial charge >= 0.3 is 6.03 Å². The van der Waals surface area contributed by atoms with Crippen molar-refractivity contribution in [2.24, 2.45) is 7.05 Å². The molecule has 0 aliphatic heterocycles. The quantitative estimate of drug-likeness (QED) is 0.726. The number of nitrogens with one attached hydrogen (secondary N) is 2. The monoisotopic (exact) mass is 336 g/mol. The van der Waals surface area contributed by atoms with Crippen molar-refractivity contribution in [1.82, 2.24) is 20.4 Å². The molecule has 2 amide bonds. The van der Waals surface area contributed by atoms with Gasteiger partial charge in [0.25, 0.3) is 0 Å². The normalized spacial score (nSPS) is 13.6. The van der Waals surface area contributed by atoms with Crippen LogP contribution in [0.3, 0.4) is 0 Å². The van der Waals surface area contributed by atoms with E-state index >= 15 is 0 Å². The van der Waals surface area contributed by atoms with Gasteiger partial charge in [-0.25, -0.2) is 4.79 Å². The summed E-state index contributed by atoms with van der Waals surface area (Å²) in [6, 6.07) is 3.46. The zero-order valence-electron chi connectivity index (χ0n) is 13.7. The first-order valence-corrected chi connectivity index (χ1v) is 8.64. The molecule has 0 spiro atoms. The molecular weight excluding hydrogens is 312 g/mol. The fourth-order valence-corrected chi connectivity index (χ4v) is 3.19. The van der Waals surface area contributed by atoms with Crippen molar-refractivity contribution < 1.29 is 9.90 Å². The molecule has 6 nitrogen and oxygen atoms in total. The highest BCUT2D eigenvalue weighted by molar-refractivity contribution is 7.10.